The molecule has 9 heteroatoms. The maximum Gasteiger partial charge on any atom is 0.230 e. The lowest BCUT2D eigenvalue weighted by Gasteiger charge is -2.15. The fourth-order valence-electron chi connectivity index (χ4n) is 3.91. The summed E-state index contributed by atoms with van der Waals surface area (Å²) in [4.78, 5) is 25.3. The molecule has 0 saturated carbocycles. The van der Waals surface area contributed by atoms with Gasteiger partial charge in [0.05, 0.1) is 19.7 Å². The van der Waals surface area contributed by atoms with Crippen LogP contribution in [-0.2, 0) is 4.79 Å². The molecule has 0 aliphatic carbocycles. The van der Waals surface area contributed by atoms with Gasteiger partial charge < -0.3 is 25.4 Å². The van der Waals surface area contributed by atoms with Crippen molar-refractivity contribution in [3.05, 3.63) is 72.9 Å². The van der Waals surface area contributed by atoms with E-state index in [1.54, 1.807) is 20.4 Å². The van der Waals surface area contributed by atoms with Crippen LogP contribution in [0, 0.1) is 0 Å². The molecule has 0 unspecified atom stereocenters. The van der Waals surface area contributed by atoms with Gasteiger partial charge in [0.25, 0.3) is 0 Å². The van der Waals surface area contributed by atoms with E-state index >= 15 is 0 Å². The molecule has 0 bridgehead atoms. The van der Waals surface area contributed by atoms with Crippen LogP contribution in [0.2, 0.25) is 0 Å². The van der Waals surface area contributed by atoms with Gasteiger partial charge in [-0.3, -0.25) is 4.79 Å². The minimum Gasteiger partial charge on any atom is -0.493 e. The lowest BCUT2D eigenvalue weighted by Crippen LogP contribution is -2.06. The van der Waals surface area contributed by atoms with Gasteiger partial charge in [-0.2, -0.15) is 4.98 Å². The molecule has 0 atom stereocenters. The quantitative estimate of drug-likeness (QED) is 0.274. The third-order valence-corrected chi connectivity index (χ3v) is 5.57. The number of carbonyl (C=O) groups is 1. The number of hydrogen-bond acceptors (Lipinski definition) is 8. The van der Waals surface area contributed by atoms with Crippen molar-refractivity contribution in [2.75, 3.05) is 30.2 Å². The fraction of sp³-hybridized carbons (Fsp3) is 0.111. The molecule has 3 aromatic carbocycles. The number of methoxy groups -OCH3 is 2. The molecule has 2 heterocycles. The van der Waals surface area contributed by atoms with Gasteiger partial charge in [0.2, 0.25) is 11.9 Å². The fourth-order valence-corrected chi connectivity index (χ4v) is 3.91. The van der Waals surface area contributed by atoms with E-state index in [0.717, 1.165) is 21.8 Å². The van der Waals surface area contributed by atoms with Gasteiger partial charge in [0.1, 0.15) is 11.6 Å². The third kappa shape index (κ3) is 4.67. The third-order valence-electron chi connectivity index (χ3n) is 5.57. The van der Waals surface area contributed by atoms with Crippen molar-refractivity contribution in [2.45, 2.75) is 6.92 Å². The van der Waals surface area contributed by atoms with Crippen LogP contribution in [0.25, 0.3) is 21.7 Å². The summed E-state index contributed by atoms with van der Waals surface area (Å²) in [5.41, 5.74) is 2.15. The van der Waals surface area contributed by atoms with E-state index in [1.165, 1.54) is 6.92 Å². The van der Waals surface area contributed by atoms with E-state index in [2.05, 4.69) is 20.9 Å². The lowest BCUT2D eigenvalue weighted by atomic mass is 10.1. The molecule has 5 rings (SSSR count). The minimum absolute atomic E-state index is 0.128. The van der Waals surface area contributed by atoms with Crippen LogP contribution in [-0.4, -0.2) is 35.1 Å². The zero-order valence-electron chi connectivity index (χ0n) is 20.0. The Morgan fingerprint density at radius 2 is 1.50 bits per heavy atom. The first-order valence-corrected chi connectivity index (χ1v) is 11.2. The van der Waals surface area contributed by atoms with Crippen LogP contribution in [0.15, 0.2) is 72.9 Å². The molecule has 9 nitrogen and oxygen atoms in total. The largest absolute Gasteiger partial charge is 0.493 e. The van der Waals surface area contributed by atoms with Gasteiger partial charge in [-0.1, -0.05) is 24.3 Å². The summed E-state index contributed by atoms with van der Waals surface area (Å²) in [7, 11) is 3.17. The Balaban J connectivity index is 1.59. The highest BCUT2D eigenvalue weighted by molar-refractivity contribution is 5.96. The Kier molecular flexibility index (Phi) is 6.19. The van der Waals surface area contributed by atoms with Crippen LogP contribution in [0.1, 0.15) is 6.92 Å². The molecule has 0 radical (unpaired) electrons. The Hall–Kier alpha value is -4.92. The van der Waals surface area contributed by atoms with Gasteiger partial charge in [0.15, 0.2) is 11.5 Å². The number of nitrogens with one attached hydrogen (secondary N) is 3. The van der Waals surface area contributed by atoms with Crippen molar-refractivity contribution in [3.8, 4) is 11.5 Å². The number of rotatable bonds is 7. The van der Waals surface area contributed by atoms with Crippen LogP contribution in [0.4, 0.5) is 29.0 Å². The summed E-state index contributed by atoms with van der Waals surface area (Å²) in [6.07, 6.45) is 1.75. The predicted octanol–water partition coefficient (Wildman–Crippen LogP) is 5.64. The number of amides is 1. The number of anilines is 5. The highest BCUT2D eigenvalue weighted by Crippen LogP contribution is 2.36. The van der Waals surface area contributed by atoms with Crippen molar-refractivity contribution >= 4 is 56.5 Å². The van der Waals surface area contributed by atoms with Crippen LogP contribution in [0.5, 0.6) is 11.5 Å². The number of hydrogen-bond donors (Lipinski definition) is 3. The van der Waals surface area contributed by atoms with Crippen LogP contribution < -0.4 is 25.4 Å². The monoisotopic (exact) mass is 480 g/mol. The Bertz CT molecular complexity index is 1570. The average molecular weight is 481 g/mol. The lowest BCUT2D eigenvalue weighted by molar-refractivity contribution is -0.114. The number of pyridine rings is 1. The van der Waals surface area contributed by atoms with E-state index < -0.39 is 0 Å². The molecule has 0 aliphatic rings. The Morgan fingerprint density at radius 3 is 2.25 bits per heavy atom. The van der Waals surface area contributed by atoms with Gasteiger partial charge >= 0.3 is 0 Å². The molecule has 5 aromatic rings. The first-order valence-electron chi connectivity index (χ1n) is 11.2. The molecule has 0 fully saturated rings. The normalized spacial score (nSPS) is 10.8. The van der Waals surface area contributed by atoms with Gasteiger partial charge in [-0.05, 0) is 41.8 Å². The van der Waals surface area contributed by atoms with E-state index in [4.69, 9.17) is 19.4 Å². The number of benzene rings is 3. The summed E-state index contributed by atoms with van der Waals surface area (Å²) >= 11 is 0. The standard InChI is InChI=1S/C27H24N6O3/c1-16(34)29-18-8-10-19(11-9-18)30-26-21-14-23(35-2)24(36-3)15-22(21)31-27(33-26)32-25-20-7-5-4-6-17(20)12-13-28-25/h4-15H,1-3H3,(H,29,34)(H2,28,30,31,32,33). The topological polar surface area (TPSA) is 110 Å². The van der Waals surface area contributed by atoms with Gasteiger partial charge in [0, 0.05) is 41.3 Å². The van der Waals surface area contributed by atoms with Gasteiger partial charge in [-0.15, -0.1) is 0 Å². The maximum atomic E-state index is 11.3. The first kappa shape index (κ1) is 22.9. The van der Waals surface area contributed by atoms with Crippen molar-refractivity contribution in [1.29, 1.82) is 0 Å². The average Bonchev–Trinajstić information content (AvgIpc) is 2.89. The molecule has 36 heavy (non-hydrogen) atoms. The van der Waals surface area contributed by atoms with Crippen molar-refractivity contribution in [3.63, 3.8) is 0 Å². The second kappa shape index (κ2) is 9.75. The van der Waals surface area contributed by atoms with Crippen molar-refractivity contribution in [2.24, 2.45) is 0 Å². The summed E-state index contributed by atoms with van der Waals surface area (Å²) in [5.74, 6) is 2.58. The molecule has 3 N–H and O–H groups in total. The summed E-state index contributed by atoms with van der Waals surface area (Å²) < 4.78 is 11.0. The SMILES string of the molecule is COc1cc2nc(Nc3nccc4ccccc34)nc(Nc3ccc(NC(C)=O)cc3)c2cc1OC. The summed E-state index contributed by atoms with van der Waals surface area (Å²) in [6, 6.07) is 20.9. The highest BCUT2D eigenvalue weighted by atomic mass is 16.5. The Labute approximate surface area is 207 Å². The first-order chi connectivity index (χ1) is 17.5. The van der Waals surface area contributed by atoms with Crippen LogP contribution >= 0.6 is 0 Å². The van der Waals surface area contributed by atoms with E-state index in [1.807, 2.05) is 66.7 Å². The second-order valence-electron chi connectivity index (χ2n) is 8.01. The number of carbonyl (C=O) groups excluding carboxylic acids is 1. The molecular formula is C27H24N6O3. The van der Waals surface area contributed by atoms with E-state index in [-0.39, 0.29) is 5.91 Å². The molecule has 1 amide bonds. The molecule has 0 saturated heterocycles. The number of nitrogens with zero attached hydrogens (tertiary/aromatic N) is 3. The van der Waals surface area contributed by atoms with Crippen LogP contribution in [0.3, 0.4) is 0 Å². The number of aromatic nitrogens is 3. The number of ether oxygens (including phenoxy) is 2. The minimum atomic E-state index is -0.128. The van der Waals surface area contributed by atoms with Crippen molar-refractivity contribution < 1.29 is 14.3 Å². The molecular weight excluding hydrogens is 456 g/mol. The highest BCUT2D eigenvalue weighted by Gasteiger charge is 2.15. The van der Waals surface area contributed by atoms with Gasteiger partial charge in [-0.25, -0.2) is 9.97 Å². The maximum absolute atomic E-state index is 11.3. The number of fused-ring (bicyclic) bond motifs is 2. The van der Waals surface area contributed by atoms with Crippen molar-refractivity contribution in [1.82, 2.24) is 15.0 Å². The smallest absolute Gasteiger partial charge is 0.230 e. The summed E-state index contributed by atoms with van der Waals surface area (Å²) in [5, 5.41) is 12.2. The molecule has 2 aromatic heterocycles. The molecule has 180 valence electrons. The second-order valence-corrected chi connectivity index (χ2v) is 8.01. The molecule has 0 spiro atoms. The zero-order valence-corrected chi connectivity index (χ0v) is 20.0. The predicted molar refractivity (Wildman–Crippen MR) is 142 cm³/mol. The van der Waals surface area contributed by atoms with E-state index in [9.17, 15) is 4.79 Å². The Morgan fingerprint density at radius 1 is 0.778 bits per heavy atom. The van der Waals surface area contributed by atoms with E-state index in [0.29, 0.717) is 40.3 Å². The summed E-state index contributed by atoms with van der Waals surface area (Å²) in [6.45, 7) is 1.47. The molecule has 0 aliphatic heterocycles. The zero-order chi connectivity index (χ0) is 25.1.